The van der Waals surface area contributed by atoms with Crippen molar-refractivity contribution in [3.63, 3.8) is 0 Å². The molecule has 1 saturated heterocycles. The van der Waals surface area contributed by atoms with E-state index in [9.17, 15) is 9.59 Å². The van der Waals surface area contributed by atoms with Gasteiger partial charge in [0.05, 0.1) is 18.7 Å². The molecule has 2 aromatic rings. The van der Waals surface area contributed by atoms with E-state index in [2.05, 4.69) is 37.8 Å². The van der Waals surface area contributed by atoms with E-state index < -0.39 is 0 Å². The Bertz CT molecular complexity index is 866. The Kier molecular flexibility index (Phi) is 6.08. The molecule has 1 atom stereocenters. The third-order valence-electron chi connectivity index (χ3n) is 5.59. The summed E-state index contributed by atoms with van der Waals surface area (Å²) in [5.74, 6) is -0.225. The normalized spacial score (nSPS) is 18.0. The van der Waals surface area contributed by atoms with Crippen LogP contribution in [0.4, 0.5) is 5.69 Å². The number of anilines is 1. The highest BCUT2D eigenvalue weighted by molar-refractivity contribution is 5.97. The van der Waals surface area contributed by atoms with Gasteiger partial charge in [-0.05, 0) is 47.7 Å². The molecule has 1 unspecified atom stereocenters. The number of nitrogens with zero attached hydrogens (tertiary/aromatic N) is 2. The maximum Gasteiger partial charge on any atom is 0.337 e. The molecule has 1 fully saturated rings. The molecule has 29 heavy (non-hydrogen) atoms. The van der Waals surface area contributed by atoms with Gasteiger partial charge in [0.1, 0.15) is 0 Å². The predicted molar refractivity (Wildman–Crippen MR) is 115 cm³/mol. The van der Waals surface area contributed by atoms with Gasteiger partial charge < -0.3 is 9.64 Å². The molecule has 154 valence electrons. The van der Waals surface area contributed by atoms with Gasteiger partial charge >= 0.3 is 5.97 Å². The first-order chi connectivity index (χ1) is 13.7. The van der Waals surface area contributed by atoms with Gasteiger partial charge in [0.15, 0.2) is 0 Å². The summed E-state index contributed by atoms with van der Waals surface area (Å²) < 4.78 is 4.74. The van der Waals surface area contributed by atoms with E-state index in [1.807, 2.05) is 36.1 Å². The van der Waals surface area contributed by atoms with Gasteiger partial charge in [0.25, 0.3) is 0 Å². The lowest BCUT2D eigenvalue weighted by atomic mass is 9.87. The largest absolute Gasteiger partial charge is 0.465 e. The Morgan fingerprint density at radius 2 is 1.66 bits per heavy atom. The van der Waals surface area contributed by atoms with E-state index in [1.165, 1.54) is 12.7 Å². The topological polar surface area (TPSA) is 49.9 Å². The lowest BCUT2D eigenvalue weighted by molar-refractivity contribution is -0.125. The van der Waals surface area contributed by atoms with Crippen LogP contribution in [0.3, 0.4) is 0 Å². The SMILES string of the molecule is COC(=O)c1ccc(CN2CCN(c3ccc(C(C)(C)C)cc3)C(=O)C2C)cc1. The van der Waals surface area contributed by atoms with E-state index >= 15 is 0 Å². The lowest BCUT2D eigenvalue weighted by Crippen LogP contribution is -2.55. The highest BCUT2D eigenvalue weighted by Gasteiger charge is 2.32. The molecule has 0 N–H and O–H groups in total. The summed E-state index contributed by atoms with van der Waals surface area (Å²) in [6.07, 6.45) is 0. The van der Waals surface area contributed by atoms with E-state index in [4.69, 9.17) is 4.74 Å². The van der Waals surface area contributed by atoms with Gasteiger partial charge in [-0.2, -0.15) is 0 Å². The van der Waals surface area contributed by atoms with Crippen molar-refractivity contribution < 1.29 is 14.3 Å². The van der Waals surface area contributed by atoms with E-state index in [0.29, 0.717) is 18.7 Å². The molecule has 3 rings (SSSR count). The monoisotopic (exact) mass is 394 g/mol. The molecule has 0 bridgehead atoms. The third-order valence-corrected chi connectivity index (χ3v) is 5.59. The number of hydrogen-bond acceptors (Lipinski definition) is 4. The number of hydrogen-bond donors (Lipinski definition) is 0. The van der Waals surface area contributed by atoms with Crippen LogP contribution >= 0.6 is 0 Å². The van der Waals surface area contributed by atoms with E-state index in [0.717, 1.165) is 17.8 Å². The van der Waals surface area contributed by atoms with Crippen LogP contribution in [0.5, 0.6) is 0 Å². The van der Waals surface area contributed by atoms with Crippen molar-refractivity contribution in [1.29, 1.82) is 0 Å². The Morgan fingerprint density at radius 1 is 1.03 bits per heavy atom. The number of amides is 1. The average molecular weight is 395 g/mol. The molecule has 0 aliphatic carbocycles. The number of esters is 1. The van der Waals surface area contributed by atoms with Crippen LogP contribution in [0, 0.1) is 0 Å². The average Bonchev–Trinajstić information content (AvgIpc) is 2.71. The second kappa shape index (κ2) is 8.37. The van der Waals surface area contributed by atoms with E-state index in [-0.39, 0.29) is 23.3 Å². The van der Waals surface area contributed by atoms with Crippen molar-refractivity contribution in [1.82, 2.24) is 4.90 Å². The summed E-state index contributed by atoms with van der Waals surface area (Å²) in [6, 6.07) is 15.5. The molecule has 0 radical (unpaired) electrons. The zero-order valence-corrected chi connectivity index (χ0v) is 17.9. The molecule has 5 heteroatoms. The Hall–Kier alpha value is -2.66. The quantitative estimate of drug-likeness (QED) is 0.736. The number of rotatable bonds is 4. The maximum absolute atomic E-state index is 13.0. The van der Waals surface area contributed by atoms with Gasteiger partial charge in [-0.25, -0.2) is 4.79 Å². The third kappa shape index (κ3) is 4.67. The molecule has 0 aromatic heterocycles. The van der Waals surface area contributed by atoms with Crippen molar-refractivity contribution in [3.8, 4) is 0 Å². The van der Waals surface area contributed by atoms with Crippen LogP contribution in [0.1, 0.15) is 49.2 Å². The number of carbonyl (C=O) groups is 2. The minimum Gasteiger partial charge on any atom is -0.465 e. The second-order valence-electron chi connectivity index (χ2n) is 8.62. The standard InChI is InChI=1S/C24H30N2O3/c1-17-22(27)26(21-12-10-20(11-13-21)24(2,3)4)15-14-25(17)16-18-6-8-19(9-7-18)23(28)29-5/h6-13,17H,14-16H2,1-5H3. The zero-order chi connectivity index (χ0) is 21.2. The number of carbonyl (C=O) groups excluding carboxylic acids is 2. The fourth-order valence-corrected chi connectivity index (χ4v) is 3.63. The lowest BCUT2D eigenvalue weighted by Gasteiger charge is -2.39. The van der Waals surface area contributed by atoms with Gasteiger partial charge in [0.2, 0.25) is 5.91 Å². The van der Waals surface area contributed by atoms with E-state index in [1.54, 1.807) is 12.1 Å². The van der Waals surface area contributed by atoms with Crippen molar-refractivity contribution >= 4 is 17.6 Å². The molecule has 1 heterocycles. The second-order valence-corrected chi connectivity index (χ2v) is 8.62. The molecule has 1 aliphatic rings. The Morgan fingerprint density at radius 3 is 2.21 bits per heavy atom. The molecule has 1 aliphatic heterocycles. The molecular weight excluding hydrogens is 364 g/mol. The molecule has 1 amide bonds. The van der Waals surface area contributed by atoms with Crippen molar-refractivity contribution in [2.45, 2.75) is 45.7 Å². The van der Waals surface area contributed by atoms with Gasteiger partial charge in [-0.15, -0.1) is 0 Å². The summed E-state index contributed by atoms with van der Waals surface area (Å²) >= 11 is 0. The summed E-state index contributed by atoms with van der Waals surface area (Å²) in [4.78, 5) is 28.6. The number of methoxy groups -OCH3 is 1. The smallest absolute Gasteiger partial charge is 0.337 e. The summed E-state index contributed by atoms with van der Waals surface area (Å²) in [5, 5.41) is 0. The number of benzene rings is 2. The van der Waals surface area contributed by atoms with Crippen LogP contribution in [0.25, 0.3) is 0 Å². The fourth-order valence-electron chi connectivity index (χ4n) is 3.63. The highest BCUT2D eigenvalue weighted by atomic mass is 16.5. The zero-order valence-electron chi connectivity index (χ0n) is 17.9. The molecule has 5 nitrogen and oxygen atoms in total. The Labute approximate surface area is 173 Å². The number of ether oxygens (including phenoxy) is 1. The highest BCUT2D eigenvalue weighted by Crippen LogP contribution is 2.27. The van der Waals surface area contributed by atoms with Gasteiger partial charge in [-0.1, -0.05) is 45.0 Å². The van der Waals surface area contributed by atoms with Crippen LogP contribution in [0.15, 0.2) is 48.5 Å². The molecular formula is C24H30N2O3. The van der Waals surface area contributed by atoms with Crippen LogP contribution in [0.2, 0.25) is 0 Å². The fraction of sp³-hybridized carbons (Fsp3) is 0.417. The molecule has 0 saturated carbocycles. The summed E-state index contributed by atoms with van der Waals surface area (Å²) in [5.41, 5.74) is 3.91. The first-order valence-electron chi connectivity index (χ1n) is 10.0. The number of piperazine rings is 1. The van der Waals surface area contributed by atoms with Gasteiger partial charge in [-0.3, -0.25) is 9.69 Å². The Balaban J connectivity index is 1.67. The van der Waals surface area contributed by atoms with Crippen molar-refractivity contribution in [2.75, 3.05) is 25.1 Å². The summed E-state index contributed by atoms with van der Waals surface area (Å²) in [7, 11) is 1.37. The summed E-state index contributed by atoms with van der Waals surface area (Å²) in [6.45, 7) is 10.7. The predicted octanol–water partition coefficient (Wildman–Crippen LogP) is 4.01. The van der Waals surface area contributed by atoms with Crippen LogP contribution in [-0.4, -0.2) is 43.0 Å². The minimum atomic E-state index is -0.341. The molecule has 0 spiro atoms. The van der Waals surface area contributed by atoms with Crippen molar-refractivity contribution in [2.24, 2.45) is 0 Å². The maximum atomic E-state index is 13.0. The van der Waals surface area contributed by atoms with Crippen LogP contribution < -0.4 is 4.90 Å². The first kappa shape index (κ1) is 21.1. The van der Waals surface area contributed by atoms with Crippen LogP contribution in [-0.2, 0) is 21.5 Å². The van der Waals surface area contributed by atoms with Gasteiger partial charge in [0, 0.05) is 25.3 Å². The first-order valence-corrected chi connectivity index (χ1v) is 10.0. The minimum absolute atomic E-state index is 0.0952. The molecule has 2 aromatic carbocycles. The van der Waals surface area contributed by atoms with Crippen molar-refractivity contribution in [3.05, 3.63) is 65.2 Å².